The van der Waals surface area contributed by atoms with Crippen LogP contribution in [-0.4, -0.2) is 28.3 Å². The lowest BCUT2D eigenvalue weighted by atomic mass is 10.0. The molecule has 0 bridgehead atoms. The van der Waals surface area contributed by atoms with Gasteiger partial charge in [0.25, 0.3) is 0 Å². The summed E-state index contributed by atoms with van der Waals surface area (Å²) < 4.78 is 0. The van der Waals surface area contributed by atoms with Crippen molar-refractivity contribution in [3.63, 3.8) is 0 Å². The molecule has 0 saturated heterocycles. The summed E-state index contributed by atoms with van der Waals surface area (Å²) in [5.41, 5.74) is 12.3. The van der Waals surface area contributed by atoms with E-state index >= 15 is 0 Å². The molecule has 7 heteroatoms. The predicted octanol–water partition coefficient (Wildman–Crippen LogP) is 3.40. The van der Waals surface area contributed by atoms with Crippen molar-refractivity contribution in [3.05, 3.63) is 46.3 Å². The summed E-state index contributed by atoms with van der Waals surface area (Å²) in [5.74, 6) is -0.809. The molecule has 0 saturated carbocycles. The standard InChI is InChI=1S/C19H20N4O3/c1-10-14(4-6-18(24)25)11(2)22-17(10)7-12-9-21-16-5-3-13(8-15(12)16)23-19(20)26/h3,5,7-9,22H,4,6H2,1-2H3,(H,24,25)(H3,20,23,26). The summed E-state index contributed by atoms with van der Waals surface area (Å²) >= 11 is 0. The van der Waals surface area contributed by atoms with Crippen LogP contribution in [0, 0.1) is 13.8 Å². The Morgan fingerprint density at radius 2 is 2.12 bits per heavy atom. The maximum Gasteiger partial charge on any atom is 0.316 e. The van der Waals surface area contributed by atoms with Gasteiger partial charge in [0.1, 0.15) is 0 Å². The fourth-order valence-corrected chi connectivity index (χ4v) is 3.15. The smallest absolute Gasteiger partial charge is 0.316 e. The maximum absolute atomic E-state index is 11.1. The number of carbonyl (C=O) groups is 2. The van der Waals surface area contributed by atoms with Crippen LogP contribution in [0.25, 0.3) is 11.6 Å². The van der Waals surface area contributed by atoms with Gasteiger partial charge in [-0.2, -0.15) is 0 Å². The molecule has 7 nitrogen and oxygen atoms in total. The summed E-state index contributed by atoms with van der Waals surface area (Å²) in [6.07, 6.45) is 4.34. The van der Waals surface area contributed by atoms with Gasteiger partial charge in [-0.15, -0.1) is 0 Å². The van der Waals surface area contributed by atoms with E-state index in [9.17, 15) is 9.59 Å². The van der Waals surface area contributed by atoms with Gasteiger partial charge >= 0.3 is 12.0 Å². The molecule has 26 heavy (non-hydrogen) atoms. The number of urea groups is 1. The molecule has 1 aliphatic heterocycles. The molecule has 0 aliphatic carbocycles. The van der Waals surface area contributed by atoms with Crippen molar-refractivity contribution in [2.75, 3.05) is 5.32 Å². The zero-order valence-corrected chi connectivity index (χ0v) is 14.6. The Kier molecular flexibility index (Phi) is 4.62. The number of anilines is 1. The number of aromatic nitrogens is 1. The molecule has 0 atom stereocenters. The monoisotopic (exact) mass is 352 g/mol. The molecule has 0 fully saturated rings. The van der Waals surface area contributed by atoms with E-state index in [1.165, 1.54) is 0 Å². The number of carboxylic acid groups (broad SMARTS) is 1. The van der Waals surface area contributed by atoms with Gasteiger partial charge in [-0.25, -0.2) is 4.79 Å². The SMILES string of the molecule is Cc1[nH]c(C=C2C=Nc3ccc(NC(N)=O)cc32)c(C)c1CCC(=O)O. The number of aryl methyl sites for hydroxylation is 1. The van der Waals surface area contributed by atoms with E-state index in [0.29, 0.717) is 12.1 Å². The maximum atomic E-state index is 11.1. The Morgan fingerprint density at radius 1 is 1.35 bits per heavy atom. The van der Waals surface area contributed by atoms with Crippen molar-refractivity contribution in [2.24, 2.45) is 10.7 Å². The third kappa shape index (κ3) is 3.51. The van der Waals surface area contributed by atoms with E-state index in [1.807, 2.05) is 32.1 Å². The van der Waals surface area contributed by atoms with Gasteiger partial charge < -0.3 is 21.1 Å². The first-order valence-electron chi connectivity index (χ1n) is 8.21. The Balaban J connectivity index is 1.93. The van der Waals surface area contributed by atoms with E-state index in [0.717, 1.165) is 39.3 Å². The van der Waals surface area contributed by atoms with E-state index in [2.05, 4.69) is 15.3 Å². The number of H-pyrrole nitrogens is 1. The zero-order chi connectivity index (χ0) is 18.8. The third-order valence-electron chi connectivity index (χ3n) is 4.44. The Bertz CT molecular complexity index is 954. The topological polar surface area (TPSA) is 121 Å². The van der Waals surface area contributed by atoms with Gasteiger partial charge in [-0.3, -0.25) is 9.79 Å². The fourth-order valence-electron chi connectivity index (χ4n) is 3.15. The number of rotatable bonds is 5. The number of amides is 2. The van der Waals surface area contributed by atoms with Crippen molar-refractivity contribution < 1.29 is 14.7 Å². The number of primary amides is 1. The minimum Gasteiger partial charge on any atom is -0.481 e. The number of hydrogen-bond donors (Lipinski definition) is 4. The molecule has 1 aromatic carbocycles. The number of nitrogens with zero attached hydrogens (tertiary/aromatic N) is 1. The van der Waals surface area contributed by atoms with Crippen molar-refractivity contribution in [3.8, 4) is 0 Å². The summed E-state index contributed by atoms with van der Waals surface area (Å²) in [6.45, 7) is 3.92. The molecule has 2 aromatic rings. The van der Waals surface area contributed by atoms with Gasteiger partial charge in [0.2, 0.25) is 0 Å². The highest BCUT2D eigenvalue weighted by atomic mass is 16.4. The molecule has 2 heterocycles. The normalized spacial score (nSPS) is 13.8. The first-order valence-corrected chi connectivity index (χ1v) is 8.21. The van der Waals surface area contributed by atoms with Crippen molar-refractivity contribution >= 4 is 41.2 Å². The summed E-state index contributed by atoms with van der Waals surface area (Å²) in [6, 6.07) is 4.78. The molecule has 0 unspecified atom stereocenters. The quantitative estimate of drug-likeness (QED) is 0.660. The summed E-state index contributed by atoms with van der Waals surface area (Å²) in [7, 11) is 0. The lowest BCUT2D eigenvalue weighted by molar-refractivity contribution is -0.136. The van der Waals surface area contributed by atoms with E-state index < -0.39 is 12.0 Å². The molecule has 0 radical (unpaired) electrons. The van der Waals surface area contributed by atoms with E-state index in [1.54, 1.807) is 12.3 Å². The molecule has 3 rings (SSSR count). The molecular weight excluding hydrogens is 332 g/mol. The molecule has 1 aliphatic rings. The Hall–Kier alpha value is -3.35. The number of aromatic amines is 1. The predicted molar refractivity (Wildman–Crippen MR) is 102 cm³/mol. The van der Waals surface area contributed by atoms with Crippen molar-refractivity contribution in [1.82, 2.24) is 4.98 Å². The lowest BCUT2D eigenvalue weighted by Gasteiger charge is -2.05. The van der Waals surface area contributed by atoms with Crippen LogP contribution in [0.2, 0.25) is 0 Å². The molecule has 5 N–H and O–H groups in total. The van der Waals surface area contributed by atoms with Crippen LogP contribution in [-0.2, 0) is 11.2 Å². The van der Waals surface area contributed by atoms with E-state index in [4.69, 9.17) is 10.8 Å². The molecule has 0 spiro atoms. The second-order valence-electron chi connectivity index (χ2n) is 6.24. The van der Waals surface area contributed by atoms with Gasteiger partial charge in [-0.05, 0) is 55.7 Å². The lowest BCUT2D eigenvalue weighted by Crippen LogP contribution is -2.19. The first-order chi connectivity index (χ1) is 12.3. The van der Waals surface area contributed by atoms with Gasteiger partial charge in [0.05, 0.1) is 5.69 Å². The number of aliphatic imine (C=N–C) groups is 1. The number of fused-ring (bicyclic) bond motifs is 1. The molecule has 1 aromatic heterocycles. The number of benzene rings is 1. The largest absolute Gasteiger partial charge is 0.481 e. The van der Waals surface area contributed by atoms with Gasteiger partial charge in [-0.1, -0.05) is 0 Å². The van der Waals surface area contributed by atoms with Crippen LogP contribution in [0.1, 0.15) is 34.5 Å². The molecule has 2 amide bonds. The highest BCUT2D eigenvalue weighted by Gasteiger charge is 2.16. The number of allylic oxidation sites excluding steroid dienone is 1. The van der Waals surface area contributed by atoms with Crippen LogP contribution in [0.4, 0.5) is 16.2 Å². The second-order valence-corrected chi connectivity index (χ2v) is 6.24. The van der Waals surface area contributed by atoms with Crippen LogP contribution < -0.4 is 11.1 Å². The van der Waals surface area contributed by atoms with Crippen molar-refractivity contribution in [2.45, 2.75) is 26.7 Å². The number of carbonyl (C=O) groups excluding carboxylic acids is 1. The van der Waals surface area contributed by atoms with Gasteiger partial charge in [0, 0.05) is 40.8 Å². The van der Waals surface area contributed by atoms with Gasteiger partial charge in [0.15, 0.2) is 0 Å². The number of nitrogens with one attached hydrogen (secondary N) is 2. The number of hydrogen-bond acceptors (Lipinski definition) is 3. The zero-order valence-electron chi connectivity index (χ0n) is 14.6. The van der Waals surface area contributed by atoms with Crippen LogP contribution in [0.15, 0.2) is 23.2 Å². The number of aliphatic carboxylic acids is 1. The van der Waals surface area contributed by atoms with Crippen LogP contribution in [0.5, 0.6) is 0 Å². The average Bonchev–Trinajstić information content (AvgIpc) is 3.07. The Morgan fingerprint density at radius 3 is 2.81 bits per heavy atom. The third-order valence-corrected chi connectivity index (χ3v) is 4.44. The minimum atomic E-state index is -0.809. The number of nitrogens with two attached hydrogens (primary N) is 1. The molecular formula is C19H20N4O3. The highest BCUT2D eigenvalue weighted by molar-refractivity contribution is 6.21. The van der Waals surface area contributed by atoms with Crippen LogP contribution in [0.3, 0.4) is 0 Å². The summed E-state index contributed by atoms with van der Waals surface area (Å²) in [4.78, 5) is 29.6. The average molecular weight is 352 g/mol. The molecule has 134 valence electrons. The Labute approximate surface area is 150 Å². The van der Waals surface area contributed by atoms with E-state index in [-0.39, 0.29) is 6.42 Å². The van der Waals surface area contributed by atoms with Crippen LogP contribution >= 0.6 is 0 Å². The fraction of sp³-hybridized carbons (Fsp3) is 0.211. The highest BCUT2D eigenvalue weighted by Crippen LogP contribution is 2.35. The first kappa shape index (κ1) is 17.5. The summed E-state index contributed by atoms with van der Waals surface area (Å²) in [5, 5.41) is 11.5. The van der Waals surface area contributed by atoms with Crippen molar-refractivity contribution in [1.29, 1.82) is 0 Å². The number of carboxylic acids is 1. The minimum absolute atomic E-state index is 0.0992. The second kappa shape index (κ2) is 6.87.